The molecule has 74 valence electrons. The highest BCUT2D eigenvalue weighted by Crippen LogP contribution is 2.24. The first-order valence-electron chi connectivity index (χ1n) is 4.46. The Morgan fingerprint density at radius 1 is 1.20 bits per heavy atom. The van der Waals surface area contributed by atoms with Crippen molar-refractivity contribution < 1.29 is 0 Å². The Labute approximate surface area is 87.5 Å². The molecule has 0 radical (unpaired) electrons. The molecule has 0 saturated carbocycles. The van der Waals surface area contributed by atoms with Gasteiger partial charge in [-0.05, 0) is 12.3 Å². The molecule has 0 aliphatic carbocycles. The summed E-state index contributed by atoms with van der Waals surface area (Å²) in [6.07, 6.45) is 1.65. The molecule has 1 aromatic heterocycles. The summed E-state index contributed by atoms with van der Waals surface area (Å²) in [6.45, 7) is 3.34. The molecule has 0 aliphatic rings. The third-order valence-corrected chi connectivity index (χ3v) is 2.03. The van der Waals surface area contributed by atoms with E-state index in [9.17, 15) is 0 Å². The fourth-order valence-corrected chi connectivity index (χ4v) is 1.30. The number of anilines is 1. The Morgan fingerprint density at radius 3 is 2.53 bits per heavy atom. The smallest absolute Gasteiger partial charge is 0.250 e. The van der Waals surface area contributed by atoms with Crippen molar-refractivity contribution in [3.63, 3.8) is 0 Å². The molecular formula is C11H10N4. The molecule has 0 amide bonds. The molecule has 2 N–H and O–H groups in total. The molecule has 2 aromatic rings. The van der Waals surface area contributed by atoms with Crippen LogP contribution in [0.2, 0.25) is 0 Å². The van der Waals surface area contributed by atoms with Crippen LogP contribution in [0.3, 0.4) is 0 Å². The van der Waals surface area contributed by atoms with Gasteiger partial charge in [-0.2, -0.15) is 4.98 Å². The maximum atomic E-state index is 5.79. The summed E-state index contributed by atoms with van der Waals surface area (Å²) < 4.78 is 0. The van der Waals surface area contributed by atoms with Crippen molar-refractivity contribution in [1.82, 2.24) is 9.97 Å². The quantitative estimate of drug-likeness (QED) is 0.751. The van der Waals surface area contributed by atoms with E-state index in [0.29, 0.717) is 11.8 Å². The first-order chi connectivity index (χ1) is 7.31. The second-order valence-corrected chi connectivity index (χ2v) is 2.99. The van der Waals surface area contributed by atoms with Gasteiger partial charge < -0.3 is 5.73 Å². The molecule has 1 aromatic carbocycles. The molecule has 0 bridgehead atoms. The highest BCUT2D eigenvalue weighted by atomic mass is 15.1. The van der Waals surface area contributed by atoms with Gasteiger partial charge in [0.2, 0.25) is 0 Å². The number of hydrogen-bond donors (Lipinski definition) is 1. The van der Waals surface area contributed by atoms with E-state index in [-0.39, 0.29) is 0 Å². The van der Waals surface area contributed by atoms with Crippen LogP contribution in [0, 0.1) is 0 Å². The van der Waals surface area contributed by atoms with Crippen LogP contribution in [0.1, 0.15) is 0 Å². The van der Waals surface area contributed by atoms with Crippen molar-refractivity contribution in [3.8, 4) is 11.1 Å². The van der Waals surface area contributed by atoms with Gasteiger partial charge in [0.05, 0.1) is 0 Å². The predicted octanol–water partition coefficient (Wildman–Crippen LogP) is 2.06. The van der Waals surface area contributed by atoms with Crippen molar-refractivity contribution in [2.24, 2.45) is 4.99 Å². The number of hydrogen-bond acceptors (Lipinski definition) is 4. The monoisotopic (exact) mass is 198 g/mol. The lowest BCUT2D eigenvalue weighted by atomic mass is 10.1. The van der Waals surface area contributed by atoms with Gasteiger partial charge in [-0.15, -0.1) is 0 Å². The molecule has 0 spiro atoms. The van der Waals surface area contributed by atoms with Gasteiger partial charge in [0.1, 0.15) is 5.82 Å². The first-order valence-corrected chi connectivity index (χ1v) is 4.46. The molecule has 0 atom stereocenters. The number of nitrogens with zero attached hydrogens (tertiary/aromatic N) is 3. The van der Waals surface area contributed by atoms with E-state index in [1.54, 1.807) is 6.20 Å². The third-order valence-electron chi connectivity index (χ3n) is 2.03. The van der Waals surface area contributed by atoms with E-state index in [0.717, 1.165) is 11.1 Å². The van der Waals surface area contributed by atoms with Crippen molar-refractivity contribution in [1.29, 1.82) is 0 Å². The number of rotatable bonds is 2. The van der Waals surface area contributed by atoms with Crippen LogP contribution >= 0.6 is 0 Å². The number of benzene rings is 1. The van der Waals surface area contributed by atoms with Crippen LogP contribution in [0.4, 0.5) is 11.8 Å². The Kier molecular flexibility index (Phi) is 2.41. The topological polar surface area (TPSA) is 64.2 Å². The Bertz CT molecular complexity index is 479. The summed E-state index contributed by atoms with van der Waals surface area (Å²) in [7, 11) is 0. The lowest BCUT2D eigenvalue weighted by Crippen LogP contribution is -1.95. The van der Waals surface area contributed by atoms with Gasteiger partial charge in [0.25, 0.3) is 5.95 Å². The molecule has 1 heterocycles. The second kappa shape index (κ2) is 3.88. The maximum absolute atomic E-state index is 5.79. The maximum Gasteiger partial charge on any atom is 0.250 e. The minimum atomic E-state index is 0.298. The summed E-state index contributed by atoms with van der Waals surface area (Å²) in [4.78, 5) is 11.6. The van der Waals surface area contributed by atoms with Crippen LogP contribution in [0.25, 0.3) is 11.1 Å². The van der Waals surface area contributed by atoms with E-state index < -0.39 is 0 Å². The second-order valence-electron chi connectivity index (χ2n) is 2.99. The molecule has 4 heteroatoms. The number of nitrogen functional groups attached to an aromatic ring is 1. The molecule has 0 unspecified atom stereocenters. The zero-order valence-electron chi connectivity index (χ0n) is 8.09. The Hall–Kier alpha value is -2.23. The fraction of sp³-hybridized carbons (Fsp3) is 0. The SMILES string of the molecule is C=Nc1ncc(-c2ccccc2)c(N)n1. The zero-order chi connectivity index (χ0) is 10.7. The standard InChI is InChI=1S/C11H10N4/c1-13-11-14-7-9(10(12)15-11)8-5-3-2-4-6-8/h2-7H,1H2,(H2,12,14,15). The summed E-state index contributed by atoms with van der Waals surface area (Å²) in [5.41, 5.74) is 7.59. The van der Waals surface area contributed by atoms with Crippen molar-refractivity contribution in [3.05, 3.63) is 36.5 Å². The van der Waals surface area contributed by atoms with Crippen LogP contribution in [0.15, 0.2) is 41.5 Å². The number of aliphatic imine (C=N–C) groups is 1. The average molecular weight is 198 g/mol. The largest absolute Gasteiger partial charge is 0.383 e. The van der Waals surface area contributed by atoms with Gasteiger partial charge in [-0.1, -0.05) is 30.3 Å². The Balaban J connectivity index is 2.51. The van der Waals surface area contributed by atoms with Gasteiger partial charge in [0, 0.05) is 11.8 Å². The predicted molar refractivity (Wildman–Crippen MR) is 61.1 cm³/mol. The summed E-state index contributed by atoms with van der Waals surface area (Å²) in [6, 6.07) is 9.73. The highest BCUT2D eigenvalue weighted by molar-refractivity contribution is 5.73. The molecule has 0 saturated heterocycles. The number of aromatic nitrogens is 2. The van der Waals surface area contributed by atoms with Crippen LogP contribution < -0.4 is 5.73 Å². The fourth-order valence-electron chi connectivity index (χ4n) is 1.30. The van der Waals surface area contributed by atoms with E-state index >= 15 is 0 Å². The molecule has 4 nitrogen and oxygen atoms in total. The van der Waals surface area contributed by atoms with Crippen molar-refractivity contribution in [2.45, 2.75) is 0 Å². The summed E-state index contributed by atoms with van der Waals surface area (Å²) in [5.74, 6) is 0.714. The van der Waals surface area contributed by atoms with Gasteiger partial charge in [0.15, 0.2) is 0 Å². The third kappa shape index (κ3) is 1.83. The van der Waals surface area contributed by atoms with Gasteiger partial charge in [-0.3, -0.25) is 0 Å². The van der Waals surface area contributed by atoms with Gasteiger partial charge in [-0.25, -0.2) is 9.98 Å². The number of nitrogens with two attached hydrogens (primary N) is 1. The highest BCUT2D eigenvalue weighted by Gasteiger charge is 2.04. The molecule has 0 fully saturated rings. The van der Waals surface area contributed by atoms with E-state index in [1.165, 1.54) is 0 Å². The van der Waals surface area contributed by atoms with Crippen LogP contribution in [-0.4, -0.2) is 16.7 Å². The molecular weight excluding hydrogens is 188 g/mol. The Morgan fingerprint density at radius 2 is 1.93 bits per heavy atom. The summed E-state index contributed by atoms with van der Waals surface area (Å²) in [5, 5.41) is 0. The minimum absolute atomic E-state index is 0.298. The molecule has 2 rings (SSSR count). The van der Waals surface area contributed by atoms with Crippen molar-refractivity contribution in [2.75, 3.05) is 5.73 Å². The first kappa shape index (κ1) is 9.33. The average Bonchev–Trinajstić information content (AvgIpc) is 2.30. The van der Waals surface area contributed by atoms with Crippen LogP contribution in [0.5, 0.6) is 0 Å². The van der Waals surface area contributed by atoms with E-state index in [2.05, 4.69) is 21.7 Å². The lowest BCUT2D eigenvalue weighted by Gasteiger charge is -2.04. The molecule has 0 aliphatic heterocycles. The molecule has 15 heavy (non-hydrogen) atoms. The summed E-state index contributed by atoms with van der Waals surface area (Å²) >= 11 is 0. The zero-order valence-corrected chi connectivity index (χ0v) is 8.09. The van der Waals surface area contributed by atoms with E-state index in [1.807, 2.05) is 30.3 Å². The van der Waals surface area contributed by atoms with Crippen LogP contribution in [-0.2, 0) is 0 Å². The van der Waals surface area contributed by atoms with E-state index in [4.69, 9.17) is 5.73 Å². The van der Waals surface area contributed by atoms with Gasteiger partial charge >= 0.3 is 0 Å². The normalized spacial score (nSPS) is 9.87. The lowest BCUT2D eigenvalue weighted by molar-refractivity contribution is 1.15. The minimum Gasteiger partial charge on any atom is -0.383 e. The van der Waals surface area contributed by atoms with Crippen molar-refractivity contribution >= 4 is 18.5 Å².